The summed E-state index contributed by atoms with van der Waals surface area (Å²) in [5.74, 6) is 0.727. The van der Waals surface area contributed by atoms with E-state index in [2.05, 4.69) is 24.0 Å². The second-order valence-corrected chi connectivity index (χ2v) is 5.44. The van der Waals surface area contributed by atoms with Crippen molar-refractivity contribution in [3.05, 3.63) is 29.8 Å². The van der Waals surface area contributed by atoms with E-state index < -0.39 is 0 Å². The minimum Gasteiger partial charge on any atom is -0.367 e. The predicted octanol–water partition coefficient (Wildman–Crippen LogP) is 3.58. The van der Waals surface area contributed by atoms with Crippen LogP contribution in [0.1, 0.15) is 37.7 Å². The van der Waals surface area contributed by atoms with Gasteiger partial charge in [-0.1, -0.05) is 37.5 Å². The average Bonchev–Trinajstić information content (AvgIpc) is 2.40. The highest BCUT2D eigenvalue weighted by Crippen LogP contribution is 2.25. The van der Waals surface area contributed by atoms with Crippen LogP contribution < -0.4 is 4.90 Å². The largest absolute Gasteiger partial charge is 0.367 e. The fourth-order valence-corrected chi connectivity index (χ4v) is 2.86. The Hall–Kier alpha value is -1.31. The van der Waals surface area contributed by atoms with Gasteiger partial charge in [0.15, 0.2) is 5.78 Å². The SMILES string of the molecule is Cc1ccccc1N(C)CC(=O)C1CCCCC1. The lowest BCUT2D eigenvalue weighted by atomic mass is 9.86. The van der Waals surface area contributed by atoms with Crippen LogP contribution in [0.25, 0.3) is 0 Å². The van der Waals surface area contributed by atoms with Gasteiger partial charge in [-0.3, -0.25) is 4.79 Å². The number of para-hydroxylation sites is 1. The quantitative estimate of drug-likeness (QED) is 0.808. The molecule has 98 valence electrons. The molecule has 1 aliphatic carbocycles. The molecule has 2 heteroatoms. The second kappa shape index (κ2) is 6.03. The first kappa shape index (κ1) is 13.1. The topological polar surface area (TPSA) is 20.3 Å². The first-order chi connectivity index (χ1) is 8.68. The van der Waals surface area contributed by atoms with Gasteiger partial charge in [0.25, 0.3) is 0 Å². The van der Waals surface area contributed by atoms with Crippen molar-refractivity contribution in [3.8, 4) is 0 Å². The molecular weight excluding hydrogens is 222 g/mol. The molecule has 1 aliphatic rings. The zero-order valence-electron chi connectivity index (χ0n) is 11.5. The third-order valence-corrected chi connectivity index (χ3v) is 3.98. The molecule has 1 fully saturated rings. The van der Waals surface area contributed by atoms with Crippen LogP contribution in [0, 0.1) is 12.8 Å². The van der Waals surface area contributed by atoms with Crippen molar-refractivity contribution in [2.24, 2.45) is 5.92 Å². The van der Waals surface area contributed by atoms with Gasteiger partial charge >= 0.3 is 0 Å². The van der Waals surface area contributed by atoms with E-state index in [-0.39, 0.29) is 0 Å². The van der Waals surface area contributed by atoms with Crippen LogP contribution in [0.2, 0.25) is 0 Å². The molecule has 1 saturated carbocycles. The van der Waals surface area contributed by atoms with Gasteiger partial charge in [-0.05, 0) is 31.4 Å². The summed E-state index contributed by atoms with van der Waals surface area (Å²) in [6.45, 7) is 2.65. The molecule has 0 aromatic heterocycles. The predicted molar refractivity (Wildman–Crippen MR) is 76.0 cm³/mol. The third kappa shape index (κ3) is 3.12. The Bertz CT molecular complexity index is 407. The van der Waals surface area contributed by atoms with Crippen LogP contribution in [-0.4, -0.2) is 19.4 Å². The lowest BCUT2D eigenvalue weighted by Gasteiger charge is -2.25. The summed E-state index contributed by atoms with van der Waals surface area (Å²) in [6, 6.07) is 8.25. The van der Waals surface area contributed by atoms with Gasteiger partial charge in [0, 0.05) is 18.7 Å². The summed E-state index contributed by atoms with van der Waals surface area (Å²) >= 11 is 0. The lowest BCUT2D eigenvalue weighted by Crippen LogP contribution is -2.31. The Morgan fingerprint density at radius 3 is 2.56 bits per heavy atom. The van der Waals surface area contributed by atoms with E-state index in [1.807, 2.05) is 19.2 Å². The third-order valence-electron chi connectivity index (χ3n) is 3.98. The Labute approximate surface area is 110 Å². The highest BCUT2D eigenvalue weighted by atomic mass is 16.1. The van der Waals surface area contributed by atoms with E-state index in [1.165, 1.54) is 30.5 Å². The zero-order chi connectivity index (χ0) is 13.0. The first-order valence-electron chi connectivity index (χ1n) is 6.98. The summed E-state index contributed by atoms with van der Waals surface area (Å²) < 4.78 is 0. The van der Waals surface area contributed by atoms with Gasteiger partial charge in [0.2, 0.25) is 0 Å². The van der Waals surface area contributed by atoms with E-state index in [4.69, 9.17) is 0 Å². The molecule has 0 aliphatic heterocycles. The van der Waals surface area contributed by atoms with E-state index >= 15 is 0 Å². The van der Waals surface area contributed by atoms with Gasteiger partial charge in [0.05, 0.1) is 6.54 Å². The number of rotatable bonds is 4. The Morgan fingerprint density at radius 2 is 1.89 bits per heavy atom. The van der Waals surface area contributed by atoms with Gasteiger partial charge in [-0.25, -0.2) is 0 Å². The van der Waals surface area contributed by atoms with E-state index in [0.717, 1.165) is 12.8 Å². The Morgan fingerprint density at radius 1 is 1.22 bits per heavy atom. The lowest BCUT2D eigenvalue weighted by molar-refractivity contribution is -0.122. The summed E-state index contributed by atoms with van der Waals surface area (Å²) in [4.78, 5) is 14.3. The standard InChI is InChI=1S/C16H23NO/c1-13-8-6-7-11-15(13)17(2)12-16(18)14-9-4-3-5-10-14/h6-8,11,14H,3-5,9-10,12H2,1-2H3. The van der Waals surface area contributed by atoms with Crippen LogP contribution in [0.4, 0.5) is 5.69 Å². The molecule has 0 radical (unpaired) electrons. The van der Waals surface area contributed by atoms with Crippen molar-refractivity contribution >= 4 is 11.5 Å². The Balaban J connectivity index is 1.96. The smallest absolute Gasteiger partial charge is 0.155 e. The van der Waals surface area contributed by atoms with Crippen LogP contribution >= 0.6 is 0 Å². The molecule has 0 amide bonds. The molecule has 0 heterocycles. The van der Waals surface area contributed by atoms with Gasteiger partial charge < -0.3 is 4.90 Å². The van der Waals surface area contributed by atoms with Gasteiger partial charge in [-0.2, -0.15) is 0 Å². The summed E-state index contributed by atoms with van der Waals surface area (Å²) in [5, 5.41) is 0. The maximum absolute atomic E-state index is 12.3. The summed E-state index contributed by atoms with van der Waals surface area (Å²) in [7, 11) is 2.02. The molecule has 18 heavy (non-hydrogen) atoms. The molecule has 0 unspecified atom stereocenters. The fraction of sp³-hybridized carbons (Fsp3) is 0.562. The second-order valence-electron chi connectivity index (χ2n) is 5.44. The average molecular weight is 245 g/mol. The number of Topliss-reactive ketones (excluding diaryl/α,β-unsaturated/α-hetero) is 1. The molecule has 0 N–H and O–H groups in total. The van der Waals surface area contributed by atoms with Gasteiger partial charge in [-0.15, -0.1) is 0 Å². The molecule has 1 aromatic carbocycles. The van der Waals surface area contributed by atoms with Crippen LogP contribution in [0.5, 0.6) is 0 Å². The maximum Gasteiger partial charge on any atom is 0.155 e. The molecule has 0 bridgehead atoms. The normalized spacial score (nSPS) is 16.6. The number of carbonyl (C=O) groups is 1. The fourth-order valence-electron chi connectivity index (χ4n) is 2.86. The summed E-state index contributed by atoms with van der Waals surface area (Å²) in [6.07, 6.45) is 5.95. The zero-order valence-corrected chi connectivity index (χ0v) is 11.5. The van der Waals surface area contributed by atoms with Crippen LogP contribution in [0.15, 0.2) is 24.3 Å². The molecule has 0 atom stereocenters. The van der Waals surface area contributed by atoms with Crippen molar-refractivity contribution < 1.29 is 4.79 Å². The molecule has 0 saturated heterocycles. The van der Waals surface area contributed by atoms with E-state index in [0.29, 0.717) is 18.2 Å². The van der Waals surface area contributed by atoms with E-state index in [1.54, 1.807) is 0 Å². The van der Waals surface area contributed by atoms with E-state index in [9.17, 15) is 4.79 Å². The number of aryl methyl sites for hydroxylation is 1. The van der Waals surface area contributed by atoms with Crippen LogP contribution in [0.3, 0.4) is 0 Å². The number of benzene rings is 1. The molecule has 2 nitrogen and oxygen atoms in total. The number of anilines is 1. The first-order valence-corrected chi connectivity index (χ1v) is 6.98. The van der Waals surface area contributed by atoms with Crippen LogP contribution in [-0.2, 0) is 4.79 Å². The number of hydrogen-bond donors (Lipinski definition) is 0. The summed E-state index contributed by atoms with van der Waals surface area (Å²) in [5.41, 5.74) is 2.40. The molecular formula is C16H23NO. The number of nitrogens with zero attached hydrogens (tertiary/aromatic N) is 1. The van der Waals surface area contributed by atoms with Gasteiger partial charge in [0.1, 0.15) is 0 Å². The van der Waals surface area contributed by atoms with Crippen molar-refractivity contribution in [1.82, 2.24) is 0 Å². The highest BCUT2D eigenvalue weighted by molar-refractivity contribution is 5.85. The van der Waals surface area contributed by atoms with Crippen molar-refractivity contribution in [1.29, 1.82) is 0 Å². The Kier molecular flexibility index (Phi) is 4.40. The van der Waals surface area contributed by atoms with Crippen molar-refractivity contribution in [2.75, 3.05) is 18.5 Å². The minimum absolute atomic E-state index is 0.310. The molecule has 0 spiro atoms. The number of ketones is 1. The number of hydrogen-bond acceptors (Lipinski definition) is 2. The highest BCUT2D eigenvalue weighted by Gasteiger charge is 2.22. The number of carbonyl (C=O) groups excluding carboxylic acids is 1. The van der Waals surface area contributed by atoms with Crippen molar-refractivity contribution in [3.63, 3.8) is 0 Å². The minimum atomic E-state index is 0.310. The number of likely N-dealkylation sites (N-methyl/N-ethyl adjacent to an activating group) is 1. The maximum atomic E-state index is 12.3. The van der Waals surface area contributed by atoms with Crippen molar-refractivity contribution in [2.45, 2.75) is 39.0 Å². The molecule has 1 aromatic rings. The monoisotopic (exact) mass is 245 g/mol. The molecule has 2 rings (SSSR count).